The molecule has 110 valence electrons. The summed E-state index contributed by atoms with van der Waals surface area (Å²) < 4.78 is 0.966. The number of phenolic OH excluding ortho intramolecular Hbond substituents is 1. The fourth-order valence-corrected chi connectivity index (χ4v) is 3.13. The van der Waals surface area contributed by atoms with Crippen molar-refractivity contribution >= 4 is 27.2 Å². The number of aromatic nitrogens is 1. The number of rotatable bonds is 2. The van der Waals surface area contributed by atoms with Crippen LogP contribution >= 0.6 is 11.3 Å². The first-order valence-corrected chi connectivity index (χ1v) is 7.83. The molecule has 0 aliphatic heterocycles. The van der Waals surface area contributed by atoms with Gasteiger partial charge in [-0.1, -0.05) is 24.0 Å². The second-order valence-electron chi connectivity index (χ2n) is 5.10. The van der Waals surface area contributed by atoms with Crippen LogP contribution in [0.3, 0.4) is 0 Å². The van der Waals surface area contributed by atoms with Crippen LogP contribution < -0.4 is 5.32 Å². The summed E-state index contributed by atoms with van der Waals surface area (Å²) >= 11 is 1.56. The van der Waals surface area contributed by atoms with Gasteiger partial charge in [0.05, 0.1) is 16.3 Å². The summed E-state index contributed by atoms with van der Waals surface area (Å²) in [6.07, 6.45) is 0. The largest absolute Gasteiger partial charge is 0.506 e. The minimum absolute atomic E-state index is 0.192. The van der Waals surface area contributed by atoms with Crippen LogP contribution in [0.5, 0.6) is 5.75 Å². The third-order valence-corrected chi connectivity index (χ3v) is 4.13. The number of aromatic hydroxyl groups is 1. The molecule has 3 nitrogen and oxygen atoms in total. The highest BCUT2D eigenvalue weighted by Gasteiger charge is 2.06. The molecule has 0 aliphatic rings. The summed E-state index contributed by atoms with van der Waals surface area (Å²) in [5.41, 5.74) is 3.74. The maximum atomic E-state index is 9.99. The van der Waals surface area contributed by atoms with Gasteiger partial charge in [-0.25, -0.2) is 4.98 Å². The Hall–Kier alpha value is -2.51. The third kappa shape index (κ3) is 3.21. The van der Waals surface area contributed by atoms with Crippen LogP contribution in [0.2, 0.25) is 0 Å². The molecular weight excluding hydrogens is 292 g/mol. The lowest BCUT2D eigenvalue weighted by Gasteiger charge is -2.02. The van der Waals surface area contributed by atoms with Crippen LogP contribution in [0.4, 0.5) is 5.69 Å². The fraction of sp³-hybridized carbons (Fsp3) is 0.167. The summed E-state index contributed by atoms with van der Waals surface area (Å²) in [7, 11) is 0. The van der Waals surface area contributed by atoms with E-state index >= 15 is 0 Å². The van der Waals surface area contributed by atoms with Gasteiger partial charge in [-0.3, -0.25) is 0 Å². The molecule has 3 rings (SSSR count). The van der Waals surface area contributed by atoms with Gasteiger partial charge in [-0.15, -0.1) is 11.3 Å². The predicted molar refractivity (Wildman–Crippen MR) is 92.6 cm³/mol. The van der Waals surface area contributed by atoms with E-state index in [-0.39, 0.29) is 5.75 Å². The van der Waals surface area contributed by atoms with Crippen LogP contribution in [-0.2, 0) is 0 Å². The van der Waals surface area contributed by atoms with E-state index in [0.717, 1.165) is 21.0 Å². The van der Waals surface area contributed by atoms with Crippen molar-refractivity contribution in [3.05, 3.63) is 52.5 Å². The average Bonchev–Trinajstić information content (AvgIpc) is 2.85. The maximum Gasteiger partial charge on any atom is 0.143 e. The lowest BCUT2D eigenvalue weighted by atomic mass is 10.2. The second-order valence-corrected chi connectivity index (χ2v) is 6.33. The van der Waals surface area contributed by atoms with E-state index in [2.05, 4.69) is 41.2 Å². The van der Waals surface area contributed by atoms with E-state index < -0.39 is 0 Å². The number of aryl methyl sites for hydroxylation is 2. The summed E-state index contributed by atoms with van der Waals surface area (Å²) in [6, 6.07) is 11.8. The van der Waals surface area contributed by atoms with E-state index in [1.807, 2.05) is 25.1 Å². The smallest absolute Gasteiger partial charge is 0.143 e. The van der Waals surface area contributed by atoms with Crippen LogP contribution in [-0.4, -0.2) is 16.6 Å². The zero-order chi connectivity index (χ0) is 15.5. The van der Waals surface area contributed by atoms with E-state index in [9.17, 15) is 5.11 Å². The molecule has 1 heterocycles. The van der Waals surface area contributed by atoms with Gasteiger partial charge in [0.2, 0.25) is 0 Å². The predicted octanol–water partition coefficient (Wildman–Crippen LogP) is 4.08. The standard InChI is InChI=1S/C18H16N2OS/c1-12-5-3-7-15(9-12)19-8-4-6-14-10-16(21)18-17(11-14)22-13(2)20-18/h3,5,7,9-11,19,21H,8H2,1-2H3. The summed E-state index contributed by atoms with van der Waals surface area (Å²) in [5.74, 6) is 6.35. The van der Waals surface area contributed by atoms with Crippen LogP contribution in [0.25, 0.3) is 10.2 Å². The Morgan fingerprint density at radius 3 is 2.91 bits per heavy atom. The SMILES string of the molecule is Cc1cccc(NCC#Cc2cc(O)c3nc(C)sc3c2)c1. The van der Waals surface area contributed by atoms with Crippen molar-refractivity contribution in [1.29, 1.82) is 0 Å². The number of hydrogen-bond acceptors (Lipinski definition) is 4. The van der Waals surface area contributed by atoms with Gasteiger partial charge in [-0.05, 0) is 43.7 Å². The number of nitrogens with zero attached hydrogens (tertiary/aromatic N) is 1. The van der Waals surface area contributed by atoms with Gasteiger partial charge in [-0.2, -0.15) is 0 Å². The normalized spacial score (nSPS) is 10.3. The number of hydrogen-bond donors (Lipinski definition) is 2. The van der Waals surface area contributed by atoms with Gasteiger partial charge in [0.15, 0.2) is 0 Å². The molecule has 2 N–H and O–H groups in total. The van der Waals surface area contributed by atoms with Crippen molar-refractivity contribution in [3.8, 4) is 17.6 Å². The van der Waals surface area contributed by atoms with E-state index in [4.69, 9.17) is 0 Å². The van der Waals surface area contributed by atoms with Crippen molar-refractivity contribution in [3.63, 3.8) is 0 Å². The fourth-order valence-electron chi connectivity index (χ4n) is 2.24. The van der Waals surface area contributed by atoms with Crippen molar-refractivity contribution in [2.75, 3.05) is 11.9 Å². The molecule has 0 atom stereocenters. The second kappa shape index (κ2) is 6.08. The van der Waals surface area contributed by atoms with Gasteiger partial charge in [0, 0.05) is 11.3 Å². The zero-order valence-electron chi connectivity index (χ0n) is 12.5. The first-order valence-electron chi connectivity index (χ1n) is 7.01. The summed E-state index contributed by atoms with van der Waals surface area (Å²) in [4.78, 5) is 4.31. The Morgan fingerprint density at radius 1 is 1.23 bits per heavy atom. The molecule has 0 bridgehead atoms. The topological polar surface area (TPSA) is 45.1 Å². The average molecular weight is 308 g/mol. The highest BCUT2D eigenvalue weighted by molar-refractivity contribution is 7.18. The maximum absolute atomic E-state index is 9.99. The minimum atomic E-state index is 0.192. The van der Waals surface area contributed by atoms with Crippen LogP contribution in [0.1, 0.15) is 16.1 Å². The highest BCUT2D eigenvalue weighted by atomic mass is 32.1. The molecular formula is C18H16N2OS. The number of fused-ring (bicyclic) bond motifs is 1. The first kappa shape index (κ1) is 14.4. The molecule has 0 unspecified atom stereocenters. The molecule has 2 aromatic carbocycles. The molecule has 4 heteroatoms. The van der Waals surface area contributed by atoms with E-state index in [1.54, 1.807) is 17.4 Å². The van der Waals surface area contributed by atoms with Gasteiger partial charge in [0.25, 0.3) is 0 Å². The molecule has 0 saturated heterocycles. The molecule has 1 aromatic heterocycles. The quantitative estimate of drug-likeness (QED) is 0.701. The van der Waals surface area contributed by atoms with Gasteiger partial charge < -0.3 is 10.4 Å². The number of nitrogens with one attached hydrogen (secondary N) is 1. The molecule has 0 saturated carbocycles. The van der Waals surface area contributed by atoms with Crippen molar-refractivity contribution in [2.45, 2.75) is 13.8 Å². The van der Waals surface area contributed by atoms with E-state index in [0.29, 0.717) is 12.1 Å². The number of thiazole rings is 1. The van der Waals surface area contributed by atoms with Crippen molar-refractivity contribution in [1.82, 2.24) is 4.98 Å². The van der Waals surface area contributed by atoms with Crippen molar-refractivity contribution in [2.24, 2.45) is 0 Å². The number of benzene rings is 2. The van der Waals surface area contributed by atoms with Gasteiger partial charge in [0.1, 0.15) is 11.3 Å². The lowest BCUT2D eigenvalue weighted by molar-refractivity contribution is 0.480. The Balaban J connectivity index is 1.74. The number of phenols is 1. The van der Waals surface area contributed by atoms with Crippen molar-refractivity contribution < 1.29 is 5.11 Å². The Bertz CT molecular complexity index is 887. The molecule has 22 heavy (non-hydrogen) atoms. The Labute approximate surface area is 133 Å². The third-order valence-electron chi connectivity index (χ3n) is 3.21. The zero-order valence-corrected chi connectivity index (χ0v) is 13.3. The molecule has 0 fully saturated rings. The van der Waals surface area contributed by atoms with Crippen LogP contribution in [0.15, 0.2) is 36.4 Å². The van der Waals surface area contributed by atoms with Crippen LogP contribution in [0, 0.1) is 25.7 Å². The Morgan fingerprint density at radius 2 is 2.09 bits per heavy atom. The summed E-state index contributed by atoms with van der Waals surface area (Å²) in [5, 5.41) is 14.2. The molecule has 0 amide bonds. The first-order chi connectivity index (χ1) is 10.6. The summed E-state index contributed by atoms with van der Waals surface area (Å²) in [6.45, 7) is 4.55. The van der Waals surface area contributed by atoms with E-state index in [1.165, 1.54) is 5.56 Å². The Kier molecular flexibility index (Phi) is 3.99. The monoisotopic (exact) mass is 308 g/mol. The van der Waals surface area contributed by atoms with Gasteiger partial charge >= 0.3 is 0 Å². The number of anilines is 1. The minimum Gasteiger partial charge on any atom is -0.506 e. The highest BCUT2D eigenvalue weighted by Crippen LogP contribution is 2.30. The molecule has 0 radical (unpaired) electrons. The molecule has 0 spiro atoms. The molecule has 0 aliphatic carbocycles. The molecule has 3 aromatic rings. The lowest BCUT2D eigenvalue weighted by Crippen LogP contribution is -1.98.